The lowest BCUT2D eigenvalue weighted by molar-refractivity contribution is 0.0904. The quantitative estimate of drug-likeness (QED) is 0.800. The van der Waals surface area contributed by atoms with E-state index in [9.17, 15) is 9.50 Å². The second-order valence-corrected chi connectivity index (χ2v) is 5.14. The minimum atomic E-state index is -0.269. The molecule has 2 heterocycles. The van der Waals surface area contributed by atoms with Gasteiger partial charge in [0.1, 0.15) is 13.7 Å². The van der Waals surface area contributed by atoms with E-state index in [2.05, 4.69) is 10.3 Å². The first kappa shape index (κ1) is 13.2. The molecule has 0 bridgehead atoms. The molecule has 1 fully saturated rings. The number of fused-ring (bicyclic) bond motifs is 1. The van der Waals surface area contributed by atoms with Gasteiger partial charge in [-0.05, 0) is 18.9 Å². The third kappa shape index (κ3) is 2.31. The molecule has 0 saturated carbocycles. The number of hydrogen-bond donors (Lipinski definition) is 2. The molecule has 0 unspecified atom stereocenters. The smallest absolute Gasteiger partial charge is 0.218 e. The fraction of sp³-hybridized carbons (Fsp3) is 0.357. The first-order valence-electron chi connectivity index (χ1n) is 6.78. The highest BCUT2D eigenvalue weighted by molar-refractivity contribution is 6.34. The Hall–Kier alpha value is -1.82. The zero-order chi connectivity index (χ0) is 14.1. The maximum absolute atomic E-state index is 14.4. The normalized spacial score (nSPS) is 16.4. The molecule has 1 aliphatic rings. The van der Waals surface area contributed by atoms with Crippen molar-refractivity contribution in [1.82, 2.24) is 4.98 Å². The zero-order valence-electron chi connectivity index (χ0n) is 11.3. The Balaban J connectivity index is 2.07. The maximum atomic E-state index is 14.4. The van der Waals surface area contributed by atoms with Crippen LogP contribution in [0.15, 0.2) is 18.3 Å². The number of ether oxygens (including phenoxy) is 1. The minimum Gasteiger partial charge on any atom is -0.493 e. The number of hydrogen-bond acceptors (Lipinski definition) is 4. The summed E-state index contributed by atoms with van der Waals surface area (Å²) in [6.07, 6.45) is 3.19. The van der Waals surface area contributed by atoms with E-state index in [0.717, 1.165) is 12.8 Å². The van der Waals surface area contributed by atoms with Crippen LogP contribution in [-0.2, 0) is 4.74 Å². The highest BCUT2D eigenvalue weighted by Crippen LogP contribution is 2.30. The second-order valence-electron chi connectivity index (χ2n) is 5.14. The third-order valence-corrected chi connectivity index (χ3v) is 3.73. The highest BCUT2D eigenvalue weighted by atomic mass is 19.1. The summed E-state index contributed by atoms with van der Waals surface area (Å²) in [5, 5.41) is 14.3. The van der Waals surface area contributed by atoms with Crippen LogP contribution in [0.25, 0.3) is 10.8 Å². The summed E-state index contributed by atoms with van der Waals surface area (Å²) < 4.78 is 19.7. The number of anilines is 1. The molecule has 6 heteroatoms. The SMILES string of the molecule is Bc1cc2c(O)nccc2c(NC2CCOCC2)c1F. The van der Waals surface area contributed by atoms with Crippen LogP contribution < -0.4 is 10.8 Å². The van der Waals surface area contributed by atoms with Gasteiger partial charge in [-0.3, -0.25) is 0 Å². The van der Waals surface area contributed by atoms with Gasteiger partial charge in [0.15, 0.2) is 0 Å². The number of nitrogens with one attached hydrogen (secondary N) is 1. The standard InChI is InChI=1S/C14H16BFN2O2/c15-11-7-10-9(1-4-17-14(10)19)13(12(11)16)18-8-2-5-20-6-3-8/h1,4,7-8,18H,2-3,5-6,15H2,(H,17,19). The van der Waals surface area contributed by atoms with E-state index >= 15 is 0 Å². The Morgan fingerprint density at radius 2 is 2.10 bits per heavy atom. The third-order valence-electron chi connectivity index (χ3n) is 3.73. The van der Waals surface area contributed by atoms with Crippen LogP contribution in [0.1, 0.15) is 12.8 Å². The zero-order valence-corrected chi connectivity index (χ0v) is 11.3. The number of nitrogens with zero attached hydrogens (tertiary/aromatic N) is 1. The lowest BCUT2D eigenvalue weighted by atomic mass is 9.91. The van der Waals surface area contributed by atoms with Crippen molar-refractivity contribution in [2.45, 2.75) is 18.9 Å². The lowest BCUT2D eigenvalue weighted by Gasteiger charge is -2.25. The van der Waals surface area contributed by atoms with Crippen LogP contribution in [0.5, 0.6) is 5.88 Å². The van der Waals surface area contributed by atoms with Gasteiger partial charge in [0.25, 0.3) is 0 Å². The van der Waals surface area contributed by atoms with Crippen LogP contribution in [0.4, 0.5) is 10.1 Å². The summed E-state index contributed by atoms with van der Waals surface area (Å²) in [6, 6.07) is 3.54. The Bertz CT molecular complexity index is 645. The Morgan fingerprint density at radius 1 is 1.35 bits per heavy atom. The van der Waals surface area contributed by atoms with E-state index in [1.807, 2.05) is 0 Å². The molecule has 4 nitrogen and oxygen atoms in total. The molecule has 1 aromatic heterocycles. The topological polar surface area (TPSA) is 54.4 Å². The number of benzene rings is 1. The summed E-state index contributed by atoms with van der Waals surface area (Å²) in [5.41, 5.74) is 0.944. The van der Waals surface area contributed by atoms with E-state index in [1.54, 1.807) is 20.0 Å². The number of rotatable bonds is 2. The molecule has 3 rings (SSSR count). The Morgan fingerprint density at radius 3 is 2.85 bits per heavy atom. The molecule has 1 aromatic carbocycles. The molecular weight excluding hydrogens is 258 g/mol. The monoisotopic (exact) mass is 274 g/mol. The fourth-order valence-corrected chi connectivity index (χ4v) is 2.60. The minimum absolute atomic E-state index is 0.0689. The van der Waals surface area contributed by atoms with Gasteiger partial charge in [-0.2, -0.15) is 0 Å². The summed E-state index contributed by atoms with van der Waals surface area (Å²) in [7, 11) is 1.69. The largest absolute Gasteiger partial charge is 0.493 e. The average molecular weight is 274 g/mol. The molecule has 2 N–H and O–H groups in total. The summed E-state index contributed by atoms with van der Waals surface area (Å²) in [5.74, 6) is -0.338. The van der Waals surface area contributed by atoms with Crippen molar-refractivity contribution >= 4 is 29.8 Å². The summed E-state index contributed by atoms with van der Waals surface area (Å²) >= 11 is 0. The Labute approximate surface area is 117 Å². The van der Waals surface area contributed by atoms with Gasteiger partial charge in [0.05, 0.1) is 5.69 Å². The van der Waals surface area contributed by atoms with Crippen molar-refractivity contribution in [2.24, 2.45) is 0 Å². The second kappa shape index (κ2) is 5.29. The van der Waals surface area contributed by atoms with Crippen LogP contribution in [0, 0.1) is 5.82 Å². The highest BCUT2D eigenvalue weighted by Gasteiger charge is 2.19. The molecule has 104 valence electrons. The van der Waals surface area contributed by atoms with Gasteiger partial charge in [-0.1, -0.05) is 11.5 Å². The molecule has 0 spiro atoms. The van der Waals surface area contributed by atoms with Crippen molar-refractivity contribution < 1.29 is 14.2 Å². The first-order chi connectivity index (χ1) is 9.66. The van der Waals surface area contributed by atoms with E-state index < -0.39 is 0 Å². The van der Waals surface area contributed by atoms with E-state index in [1.165, 1.54) is 6.20 Å². The average Bonchev–Trinajstić information content (AvgIpc) is 2.46. The molecule has 2 aromatic rings. The molecular formula is C14H16BFN2O2. The molecule has 1 saturated heterocycles. The molecule has 0 amide bonds. The fourth-order valence-electron chi connectivity index (χ4n) is 2.60. The summed E-state index contributed by atoms with van der Waals surface area (Å²) in [6.45, 7) is 1.38. The van der Waals surface area contributed by atoms with Crippen LogP contribution in [0.3, 0.4) is 0 Å². The van der Waals surface area contributed by atoms with E-state index in [0.29, 0.717) is 35.1 Å². The number of aromatic nitrogens is 1. The predicted octanol–water partition coefficient (Wildman–Crippen LogP) is 0.929. The summed E-state index contributed by atoms with van der Waals surface area (Å²) in [4.78, 5) is 3.85. The van der Waals surface area contributed by atoms with Crippen molar-refractivity contribution in [3.63, 3.8) is 0 Å². The van der Waals surface area contributed by atoms with Crippen LogP contribution in [-0.4, -0.2) is 37.2 Å². The number of pyridine rings is 1. The van der Waals surface area contributed by atoms with Crippen molar-refractivity contribution in [3.05, 3.63) is 24.1 Å². The van der Waals surface area contributed by atoms with Crippen LogP contribution in [0.2, 0.25) is 0 Å². The van der Waals surface area contributed by atoms with Gasteiger partial charge < -0.3 is 15.2 Å². The van der Waals surface area contributed by atoms with Crippen molar-refractivity contribution in [2.75, 3.05) is 18.5 Å². The molecule has 0 atom stereocenters. The molecule has 1 aliphatic heterocycles. The van der Waals surface area contributed by atoms with E-state index in [4.69, 9.17) is 4.74 Å². The molecule has 0 aliphatic carbocycles. The van der Waals surface area contributed by atoms with Gasteiger partial charge in [-0.25, -0.2) is 9.37 Å². The predicted molar refractivity (Wildman–Crippen MR) is 79.0 cm³/mol. The number of aromatic hydroxyl groups is 1. The first-order valence-corrected chi connectivity index (χ1v) is 6.78. The maximum Gasteiger partial charge on any atom is 0.218 e. The van der Waals surface area contributed by atoms with Crippen molar-refractivity contribution in [1.29, 1.82) is 0 Å². The van der Waals surface area contributed by atoms with Crippen molar-refractivity contribution in [3.8, 4) is 5.88 Å². The molecule has 0 radical (unpaired) electrons. The van der Waals surface area contributed by atoms with Gasteiger partial charge in [0, 0.05) is 36.2 Å². The van der Waals surface area contributed by atoms with Gasteiger partial charge in [0.2, 0.25) is 5.88 Å². The molecule has 20 heavy (non-hydrogen) atoms. The van der Waals surface area contributed by atoms with Gasteiger partial charge >= 0.3 is 0 Å². The lowest BCUT2D eigenvalue weighted by Crippen LogP contribution is -2.29. The Kier molecular flexibility index (Phi) is 3.48. The van der Waals surface area contributed by atoms with Gasteiger partial charge in [-0.15, -0.1) is 0 Å². The van der Waals surface area contributed by atoms with Crippen LogP contribution >= 0.6 is 0 Å². The number of halogens is 1. The van der Waals surface area contributed by atoms with E-state index in [-0.39, 0.29) is 17.7 Å².